The average Bonchev–Trinajstić information content (AvgIpc) is 2.81. The lowest BCUT2D eigenvalue weighted by Crippen LogP contribution is -2.15. The summed E-state index contributed by atoms with van der Waals surface area (Å²) in [6.45, 7) is 11.5. The number of rotatable bonds is 2. The topological polar surface area (TPSA) is 15.8 Å². The third-order valence-electron chi connectivity index (χ3n) is 3.29. The first kappa shape index (κ1) is 10.8. The highest BCUT2D eigenvalue weighted by Gasteiger charge is 2.33. The van der Waals surface area contributed by atoms with E-state index < -0.39 is 0 Å². The van der Waals surface area contributed by atoms with Crippen LogP contribution < -0.4 is 0 Å². The molecule has 0 unspecified atom stereocenters. The average molecular weight is 205 g/mol. The molecule has 0 aromatic carbocycles. The Morgan fingerprint density at radius 1 is 1.27 bits per heavy atom. The monoisotopic (exact) mass is 205 g/mol. The highest BCUT2D eigenvalue weighted by Crippen LogP contribution is 2.46. The number of hydrogen-bond acceptors (Lipinski definition) is 0. The lowest BCUT2D eigenvalue weighted by molar-refractivity contribution is 0.570. The highest BCUT2D eigenvalue weighted by molar-refractivity contribution is 5.42. The summed E-state index contributed by atoms with van der Waals surface area (Å²) in [5.41, 5.74) is 4.90. The van der Waals surface area contributed by atoms with Gasteiger partial charge in [0.15, 0.2) is 0 Å². The Morgan fingerprint density at radius 2 is 1.87 bits per heavy atom. The quantitative estimate of drug-likeness (QED) is 0.740. The molecule has 1 nitrogen and oxygen atoms in total. The third-order valence-corrected chi connectivity index (χ3v) is 3.29. The molecule has 0 radical (unpaired) electrons. The van der Waals surface area contributed by atoms with E-state index in [1.54, 1.807) is 11.1 Å². The summed E-state index contributed by atoms with van der Waals surface area (Å²) in [6.07, 6.45) is 5.03. The van der Waals surface area contributed by atoms with Crippen LogP contribution in [0.15, 0.2) is 6.20 Å². The minimum atomic E-state index is 0.275. The fourth-order valence-corrected chi connectivity index (χ4v) is 2.46. The van der Waals surface area contributed by atoms with E-state index in [0.717, 1.165) is 5.92 Å². The van der Waals surface area contributed by atoms with Gasteiger partial charge in [0.25, 0.3) is 0 Å². The molecule has 15 heavy (non-hydrogen) atoms. The summed E-state index contributed by atoms with van der Waals surface area (Å²) in [5.74, 6) is 1.45. The van der Waals surface area contributed by atoms with Crippen LogP contribution in [0.5, 0.6) is 0 Å². The van der Waals surface area contributed by atoms with Crippen LogP contribution in [0, 0.1) is 0 Å². The molecule has 0 amide bonds. The molecule has 1 fully saturated rings. The van der Waals surface area contributed by atoms with Crippen molar-refractivity contribution in [3.63, 3.8) is 0 Å². The molecule has 0 bridgehead atoms. The summed E-state index contributed by atoms with van der Waals surface area (Å²) in [4.78, 5) is 3.50. The molecular weight excluding hydrogens is 182 g/mol. The molecule has 1 heteroatoms. The molecule has 1 aromatic heterocycles. The Kier molecular flexibility index (Phi) is 2.44. The summed E-state index contributed by atoms with van der Waals surface area (Å²) in [5, 5.41) is 0. The van der Waals surface area contributed by atoms with Crippen LogP contribution in [-0.2, 0) is 5.41 Å². The van der Waals surface area contributed by atoms with Gasteiger partial charge in [0.1, 0.15) is 0 Å². The predicted octanol–water partition coefficient (Wildman–Crippen LogP) is 4.31. The zero-order chi connectivity index (χ0) is 11.2. The zero-order valence-corrected chi connectivity index (χ0v) is 10.6. The van der Waals surface area contributed by atoms with Crippen molar-refractivity contribution in [3.8, 4) is 0 Å². The van der Waals surface area contributed by atoms with E-state index >= 15 is 0 Å². The standard InChI is InChI=1S/C14H23N/c1-9(2)13-12(14(3,4)5)11(8-15-13)10-6-7-10/h8-10,15H,6-7H2,1-5H3. The van der Waals surface area contributed by atoms with Crippen LogP contribution in [0.4, 0.5) is 0 Å². The van der Waals surface area contributed by atoms with E-state index in [1.807, 2.05) is 0 Å². The maximum Gasteiger partial charge on any atom is 0.0213 e. The van der Waals surface area contributed by atoms with Crippen molar-refractivity contribution in [1.29, 1.82) is 0 Å². The van der Waals surface area contributed by atoms with Crippen LogP contribution in [0.3, 0.4) is 0 Å². The summed E-state index contributed by atoms with van der Waals surface area (Å²) in [6, 6.07) is 0. The highest BCUT2D eigenvalue weighted by atomic mass is 14.7. The lowest BCUT2D eigenvalue weighted by atomic mass is 9.81. The fourth-order valence-electron chi connectivity index (χ4n) is 2.46. The second kappa shape index (κ2) is 3.40. The molecule has 0 saturated heterocycles. The van der Waals surface area contributed by atoms with Gasteiger partial charge in [-0.25, -0.2) is 0 Å². The minimum Gasteiger partial charge on any atom is -0.364 e. The molecule has 1 aliphatic carbocycles. The van der Waals surface area contributed by atoms with Gasteiger partial charge in [0, 0.05) is 11.9 Å². The Hall–Kier alpha value is -0.720. The molecule has 1 aromatic rings. The molecule has 0 atom stereocenters. The van der Waals surface area contributed by atoms with Gasteiger partial charge >= 0.3 is 0 Å². The van der Waals surface area contributed by atoms with Crippen LogP contribution in [-0.4, -0.2) is 4.98 Å². The Bertz CT molecular complexity index is 328. The van der Waals surface area contributed by atoms with Crippen molar-refractivity contribution in [2.24, 2.45) is 0 Å². The van der Waals surface area contributed by atoms with E-state index in [-0.39, 0.29) is 5.41 Å². The van der Waals surface area contributed by atoms with E-state index in [9.17, 15) is 0 Å². The van der Waals surface area contributed by atoms with Crippen LogP contribution in [0.2, 0.25) is 0 Å². The number of aromatic nitrogens is 1. The third kappa shape index (κ3) is 1.97. The van der Waals surface area contributed by atoms with Crippen LogP contribution >= 0.6 is 0 Å². The second-order valence-corrected chi connectivity index (χ2v) is 6.21. The molecule has 1 heterocycles. The van der Waals surface area contributed by atoms with Gasteiger partial charge in [-0.05, 0) is 41.2 Å². The largest absolute Gasteiger partial charge is 0.364 e. The van der Waals surface area contributed by atoms with Crippen molar-refractivity contribution < 1.29 is 0 Å². The zero-order valence-electron chi connectivity index (χ0n) is 10.6. The van der Waals surface area contributed by atoms with Gasteiger partial charge in [-0.1, -0.05) is 34.6 Å². The Morgan fingerprint density at radius 3 is 2.27 bits per heavy atom. The van der Waals surface area contributed by atoms with E-state index in [4.69, 9.17) is 0 Å². The maximum atomic E-state index is 3.50. The normalized spacial score (nSPS) is 17.5. The fraction of sp³-hybridized carbons (Fsp3) is 0.714. The first-order chi connectivity index (χ1) is 6.91. The molecule has 1 aliphatic rings. The lowest BCUT2D eigenvalue weighted by Gasteiger charge is -2.23. The first-order valence-corrected chi connectivity index (χ1v) is 6.13. The Labute approximate surface area is 93.3 Å². The molecule has 0 aliphatic heterocycles. The van der Waals surface area contributed by atoms with Gasteiger partial charge in [-0.3, -0.25) is 0 Å². The second-order valence-electron chi connectivity index (χ2n) is 6.21. The molecule has 0 spiro atoms. The maximum absolute atomic E-state index is 3.50. The predicted molar refractivity (Wildman–Crippen MR) is 65.6 cm³/mol. The number of hydrogen-bond donors (Lipinski definition) is 1. The Balaban J connectivity index is 2.48. The number of nitrogens with one attached hydrogen (secondary N) is 1. The SMILES string of the molecule is CC(C)c1[nH]cc(C2CC2)c1C(C)(C)C. The van der Waals surface area contributed by atoms with E-state index in [1.165, 1.54) is 18.5 Å². The van der Waals surface area contributed by atoms with Gasteiger partial charge in [-0.2, -0.15) is 0 Å². The molecule has 2 rings (SSSR count). The summed E-state index contributed by atoms with van der Waals surface area (Å²) < 4.78 is 0. The summed E-state index contributed by atoms with van der Waals surface area (Å²) >= 11 is 0. The molecular formula is C14H23N. The van der Waals surface area contributed by atoms with E-state index in [0.29, 0.717) is 5.92 Å². The molecule has 1 N–H and O–H groups in total. The van der Waals surface area contributed by atoms with Crippen molar-refractivity contribution in [2.75, 3.05) is 0 Å². The van der Waals surface area contributed by atoms with Gasteiger partial charge in [-0.15, -0.1) is 0 Å². The van der Waals surface area contributed by atoms with Crippen molar-refractivity contribution in [3.05, 3.63) is 23.0 Å². The number of H-pyrrole nitrogens is 1. The number of aromatic amines is 1. The van der Waals surface area contributed by atoms with Crippen molar-refractivity contribution >= 4 is 0 Å². The molecule has 1 saturated carbocycles. The van der Waals surface area contributed by atoms with Gasteiger partial charge in [0.05, 0.1) is 0 Å². The smallest absolute Gasteiger partial charge is 0.0213 e. The van der Waals surface area contributed by atoms with Crippen molar-refractivity contribution in [2.45, 2.75) is 64.7 Å². The summed E-state index contributed by atoms with van der Waals surface area (Å²) in [7, 11) is 0. The van der Waals surface area contributed by atoms with Gasteiger partial charge in [0.2, 0.25) is 0 Å². The first-order valence-electron chi connectivity index (χ1n) is 6.13. The van der Waals surface area contributed by atoms with Crippen LogP contribution in [0.1, 0.15) is 76.1 Å². The minimum absolute atomic E-state index is 0.275. The van der Waals surface area contributed by atoms with E-state index in [2.05, 4.69) is 45.8 Å². The van der Waals surface area contributed by atoms with Crippen molar-refractivity contribution in [1.82, 2.24) is 4.98 Å². The molecule has 84 valence electrons. The van der Waals surface area contributed by atoms with Crippen LogP contribution in [0.25, 0.3) is 0 Å². The van der Waals surface area contributed by atoms with Gasteiger partial charge < -0.3 is 4.98 Å².